The highest BCUT2D eigenvalue weighted by Crippen LogP contribution is 2.42. The van der Waals surface area contributed by atoms with Gasteiger partial charge in [-0.3, -0.25) is 14.5 Å². The molecule has 1 aliphatic rings. The first kappa shape index (κ1) is 22.4. The molecular formula is C25H32N2O2S. The lowest BCUT2D eigenvalue weighted by molar-refractivity contribution is -0.116. The van der Waals surface area contributed by atoms with E-state index in [0.717, 1.165) is 35.3 Å². The van der Waals surface area contributed by atoms with Crippen molar-refractivity contribution >= 4 is 35.0 Å². The smallest absolute Gasteiger partial charge is 0.238 e. The zero-order chi connectivity index (χ0) is 21.3. The third-order valence-electron chi connectivity index (χ3n) is 5.38. The zero-order valence-electron chi connectivity index (χ0n) is 18.0. The average molecular weight is 425 g/mol. The Labute approximate surface area is 184 Å². The number of nitrogens with zero attached hydrogens (tertiary/aromatic N) is 1. The van der Waals surface area contributed by atoms with Gasteiger partial charge in [0.2, 0.25) is 11.8 Å². The molecule has 30 heavy (non-hydrogen) atoms. The molecule has 5 heteroatoms. The van der Waals surface area contributed by atoms with Crippen LogP contribution in [0.2, 0.25) is 0 Å². The predicted octanol–water partition coefficient (Wildman–Crippen LogP) is 6.46. The van der Waals surface area contributed by atoms with Crippen LogP contribution < -0.4 is 10.2 Å². The van der Waals surface area contributed by atoms with Gasteiger partial charge in [-0.25, -0.2) is 0 Å². The second kappa shape index (κ2) is 11.2. The highest BCUT2D eigenvalue weighted by molar-refractivity contribution is 8.00. The van der Waals surface area contributed by atoms with Crippen molar-refractivity contribution in [2.24, 2.45) is 0 Å². The van der Waals surface area contributed by atoms with Gasteiger partial charge in [0.1, 0.15) is 5.37 Å². The minimum Gasteiger partial charge on any atom is -0.326 e. The lowest BCUT2D eigenvalue weighted by Gasteiger charge is -2.25. The molecule has 2 amide bonds. The SMILES string of the molecule is CCCCCCCCC(=O)Nc1ccc([C@@H]2SCC(=O)N2c2cccc(C)c2)cc1. The van der Waals surface area contributed by atoms with Crippen molar-refractivity contribution < 1.29 is 9.59 Å². The molecule has 2 aromatic carbocycles. The van der Waals surface area contributed by atoms with Gasteiger partial charge in [0, 0.05) is 17.8 Å². The summed E-state index contributed by atoms with van der Waals surface area (Å²) in [6, 6.07) is 16.0. The molecule has 1 heterocycles. The molecule has 0 spiro atoms. The van der Waals surface area contributed by atoms with E-state index in [1.54, 1.807) is 11.8 Å². The fourth-order valence-electron chi connectivity index (χ4n) is 3.75. The number of carbonyl (C=O) groups is 2. The van der Waals surface area contributed by atoms with Crippen LogP contribution in [0.4, 0.5) is 11.4 Å². The molecule has 4 nitrogen and oxygen atoms in total. The van der Waals surface area contributed by atoms with Crippen LogP contribution in [0.5, 0.6) is 0 Å². The fourth-order valence-corrected chi connectivity index (χ4v) is 4.93. The highest BCUT2D eigenvalue weighted by Gasteiger charge is 2.34. The van der Waals surface area contributed by atoms with Crippen molar-refractivity contribution in [1.82, 2.24) is 0 Å². The molecule has 2 aromatic rings. The first-order valence-corrected chi connectivity index (χ1v) is 12.0. The van der Waals surface area contributed by atoms with Gasteiger partial charge >= 0.3 is 0 Å². The summed E-state index contributed by atoms with van der Waals surface area (Å²) in [6.45, 7) is 4.25. The van der Waals surface area contributed by atoms with Gasteiger partial charge < -0.3 is 5.32 Å². The number of thioether (sulfide) groups is 1. The number of unbranched alkanes of at least 4 members (excludes halogenated alkanes) is 5. The van der Waals surface area contributed by atoms with Crippen molar-refractivity contribution in [1.29, 1.82) is 0 Å². The quantitative estimate of drug-likeness (QED) is 0.445. The highest BCUT2D eigenvalue weighted by atomic mass is 32.2. The van der Waals surface area contributed by atoms with Gasteiger partial charge in [-0.05, 0) is 48.7 Å². The minimum atomic E-state index is -0.0350. The van der Waals surface area contributed by atoms with Gasteiger partial charge in [0.25, 0.3) is 0 Å². The molecule has 1 N–H and O–H groups in total. The lowest BCUT2D eigenvalue weighted by atomic mass is 10.1. The van der Waals surface area contributed by atoms with Gasteiger partial charge in [-0.2, -0.15) is 0 Å². The van der Waals surface area contributed by atoms with Gasteiger partial charge in [-0.15, -0.1) is 11.8 Å². The summed E-state index contributed by atoms with van der Waals surface area (Å²) in [6.07, 6.45) is 7.64. The van der Waals surface area contributed by atoms with E-state index in [0.29, 0.717) is 12.2 Å². The number of amides is 2. The van der Waals surface area contributed by atoms with Crippen molar-refractivity contribution in [2.75, 3.05) is 16.0 Å². The second-order valence-corrected chi connectivity index (χ2v) is 9.02. The Morgan fingerprint density at radius 3 is 2.53 bits per heavy atom. The summed E-state index contributed by atoms with van der Waals surface area (Å²) in [7, 11) is 0. The maximum atomic E-state index is 12.5. The Morgan fingerprint density at radius 1 is 1.07 bits per heavy atom. The number of aryl methyl sites for hydroxylation is 1. The van der Waals surface area contributed by atoms with Crippen LogP contribution in [0.3, 0.4) is 0 Å². The summed E-state index contributed by atoms with van der Waals surface area (Å²) >= 11 is 1.64. The molecule has 160 valence electrons. The number of anilines is 2. The van der Waals surface area contributed by atoms with Crippen LogP contribution in [-0.4, -0.2) is 17.6 Å². The normalized spacial score (nSPS) is 16.1. The Morgan fingerprint density at radius 2 is 1.80 bits per heavy atom. The average Bonchev–Trinajstić information content (AvgIpc) is 3.12. The van der Waals surface area contributed by atoms with E-state index < -0.39 is 0 Å². The van der Waals surface area contributed by atoms with E-state index in [-0.39, 0.29) is 17.2 Å². The second-order valence-electron chi connectivity index (χ2n) is 7.95. The first-order chi connectivity index (χ1) is 14.6. The molecule has 1 saturated heterocycles. The number of hydrogen-bond acceptors (Lipinski definition) is 3. The molecule has 0 bridgehead atoms. The van der Waals surface area contributed by atoms with Crippen molar-refractivity contribution in [2.45, 2.75) is 64.2 Å². The van der Waals surface area contributed by atoms with E-state index in [4.69, 9.17) is 0 Å². The molecule has 0 saturated carbocycles. The van der Waals surface area contributed by atoms with E-state index in [1.165, 1.54) is 25.7 Å². The van der Waals surface area contributed by atoms with Crippen LogP contribution in [0.25, 0.3) is 0 Å². The summed E-state index contributed by atoms with van der Waals surface area (Å²) in [5, 5.41) is 2.96. The molecule has 0 aromatic heterocycles. The minimum absolute atomic E-state index is 0.0350. The molecule has 0 aliphatic carbocycles. The largest absolute Gasteiger partial charge is 0.326 e. The first-order valence-electron chi connectivity index (χ1n) is 11.0. The van der Waals surface area contributed by atoms with E-state index in [2.05, 4.69) is 12.2 Å². The van der Waals surface area contributed by atoms with Crippen LogP contribution >= 0.6 is 11.8 Å². The Bertz CT molecular complexity index is 850. The summed E-state index contributed by atoms with van der Waals surface area (Å²) in [5.74, 6) is 0.687. The molecule has 0 unspecified atom stereocenters. The third kappa shape index (κ3) is 6.11. The molecule has 0 radical (unpaired) electrons. The third-order valence-corrected chi connectivity index (χ3v) is 6.60. The van der Waals surface area contributed by atoms with Crippen LogP contribution in [0.1, 0.15) is 68.4 Å². The molecular weight excluding hydrogens is 392 g/mol. The van der Waals surface area contributed by atoms with Crippen LogP contribution in [0.15, 0.2) is 48.5 Å². The Balaban J connectivity index is 1.56. The predicted molar refractivity (Wildman–Crippen MR) is 127 cm³/mol. The zero-order valence-corrected chi connectivity index (χ0v) is 18.8. The Hall–Kier alpha value is -2.27. The van der Waals surface area contributed by atoms with Gasteiger partial charge in [0.15, 0.2) is 0 Å². The topological polar surface area (TPSA) is 49.4 Å². The number of benzene rings is 2. The molecule has 1 atom stereocenters. The molecule has 1 aliphatic heterocycles. The number of rotatable bonds is 10. The molecule has 3 rings (SSSR count). The maximum absolute atomic E-state index is 12.5. The van der Waals surface area contributed by atoms with Crippen molar-refractivity contribution in [3.8, 4) is 0 Å². The molecule has 1 fully saturated rings. The van der Waals surface area contributed by atoms with Crippen molar-refractivity contribution in [3.63, 3.8) is 0 Å². The van der Waals surface area contributed by atoms with E-state index >= 15 is 0 Å². The number of hydrogen-bond donors (Lipinski definition) is 1. The summed E-state index contributed by atoms with van der Waals surface area (Å²) in [5.41, 5.74) is 3.96. The van der Waals surface area contributed by atoms with E-state index in [9.17, 15) is 9.59 Å². The Kier molecular flexibility index (Phi) is 8.38. The monoisotopic (exact) mass is 424 g/mol. The maximum Gasteiger partial charge on any atom is 0.238 e. The summed E-state index contributed by atoms with van der Waals surface area (Å²) < 4.78 is 0. The standard InChI is InChI=1S/C25H32N2O2S/c1-3-4-5-6-7-8-12-23(28)26-21-15-13-20(14-16-21)25-27(24(29)18-30-25)22-11-9-10-19(2)17-22/h9-11,13-17,25H,3-8,12,18H2,1-2H3,(H,26,28)/t25-/m0/s1. The number of nitrogens with one attached hydrogen (secondary N) is 1. The van der Waals surface area contributed by atoms with E-state index in [1.807, 2.05) is 60.4 Å². The summed E-state index contributed by atoms with van der Waals surface area (Å²) in [4.78, 5) is 26.6. The lowest BCUT2D eigenvalue weighted by Crippen LogP contribution is -2.27. The number of carbonyl (C=O) groups excluding carboxylic acids is 2. The fraction of sp³-hybridized carbons (Fsp3) is 0.440. The van der Waals surface area contributed by atoms with Crippen LogP contribution in [-0.2, 0) is 9.59 Å². The van der Waals surface area contributed by atoms with Gasteiger partial charge in [-0.1, -0.05) is 63.3 Å². The van der Waals surface area contributed by atoms with Gasteiger partial charge in [0.05, 0.1) is 5.75 Å². The van der Waals surface area contributed by atoms with Crippen LogP contribution in [0, 0.1) is 6.92 Å². The van der Waals surface area contributed by atoms with Crippen molar-refractivity contribution in [3.05, 3.63) is 59.7 Å².